The molecule has 1 heterocycles. The molecule has 0 atom stereocenters. The van der Waals surface area contributed by atoms with Crippen LogP contribution in [0, 0.1) is 6.92 Å². The van der Waals surface area contributed by atoms with Crippen molar-refractivity contribution in [2.24, 2.45) is 0 Å². The molecule has 0 radical (unpaired) electrons. The molecule has 1 amide bonds. The highest BCUT2D eigenvalue weighted by Gasteiger charge is 2.30. The van der Waals surface area contributed by atoms with Crippen molar-refractivity contribution in [3.8, 4) is 11.1 Å². The second-order valence-corrected chi connectivity index (χ2v) is 5.37. The van der Waals surface area contributed by atoms with E-state index in [0.717, 1.165) is 12.1 Å². The van der Waals surface area contributed by atoms with E-state index in [1.807, 2.05) is 0 Å². The second kappa shape index (κ2) is 6.43. The number of para-hydroxylation sites is 1. The van der Waals surface area contributed by atoms with E-state index in [1.165, 1.54) is 18.3 Å². The van der Waals surface area contributed by atoms with E-state index in [-0.39, 0.29) is 0 Å². The number of benzene rings is 2. The molecule has 0 aliphatic rings. The lowest BCUT2D eigenvalue weighted by Gasteiger charge is -2.12. The Labute approximate surface area is 141 Å². The van der Waals surface area contributed by atoms with Gasteiger partial charge in [-0.2, -0.15) is 13.2 Å². The molecule has 0 bridgehead atoms. The van der Waals surface area contributed by atoms with Gasteiger partial charge in [-0.05, 0) is 30.7 Å². The number of aryl methyl sites for hydroxylation is 1. The van der Waals surface area contributed by atoms with E-state index in [0.29, 0.717) is 28.1 Å². The zero-order valence-electron chi connectivity index (χ0n) is 13.1. The van der Waals surface area contributed by atoms with Crippen LogP contribution in [0.5, 0.6) is 0 Å². The lowest BCUT2D eigenvalue weighted by Crippen LogP contribution is -2.12. The fraction of sp³-hybridized carbons (Fsp3) is 0.111. The highest BCUT2D eigenvalue weighted by molar-refractivity contribution is 6.06. The van der Waals surface area contributed by atoms with E-state index in [4.69, 9.17) is 4.52 Å². The van der Waals surface area contributed by atoms with Gasteiger partial charge in [0, 0.05) is 11.3 Å². The molecule has 0 saturated carbocycles. The van der Waals surface area contributed by atoms with Gasteiger partial charge in [0.05, 0.1) is 11.8 Å². The predicted octanol–water partition coefficient (Wildman–Crippen LogP) is 4.92. The number of anilines is 1. The molecule has 0 unspecified atom stereocenters. The third kappa shape index (κ3) is 3.55. The first-order valence-electron chi connectivity index (χ1n) is 7.35. The Hall–Kier alpha value is -3.09. The van der Waals surface area contributed by atoms with Crippen LogP contribution in [-0.2, 0) is 6.18 Å². The van der Waals surface area contributed by atoms with Crippen LogP contribution >= 0.6 is 0 Å². The van der Waals surface area contributed by atoms with Gasteiger partial charge in [0.1, 0.15) is 11.3 Å². The van der Waals surface area contributed by atoms with Crippen LogP contribution < -0.4 is 5.32 Å². The number of amides is 1. The minimum absolute atomic E-state index is 0.294. The van der Waals surface area contributed by atoms with Gasteiger partial charge in [-0.15, -0.1) is 0 Å². The molecule has 0 aliphatic carbocycles. The lowest BCUT2D eigenvalue weighted by atomic mass is 10.0. The van der Waals surface area contributed by atoms with Gasteiger partial charge in [0.15, 0.2) is 0 Å². The maximum atomic E-state index is 12.7. The van der Waals surface area contributed by atoms with Crippen LogP contribution in [-0.4, -0.2) is 11.1 Å². The molecule has 0 spiro atoms. The summed E-state index contributed by atoms with van der Waals surface area (Å²) in [5.74, 6) is -0.0253. The molecule has 7 heteroatoms. The summed E-state index contributed by atoms with van der Waals surface area (Å²) in [5, 5.41) is 6.29. The topological polar surface area (TPSA) is 55.1 Å². The van der Waals surface area contributed by atoms with Gasteiger partial charge in [0.25, 0.3) is 5.91 Å². The first-order chi connectivity index (χ1) is 11.9. The number of carbonyl (C=O) groups excluding carboxylic acids is 1. The van der Waals surface area contributed by atoms with Gasteiger partial charge in [-0.3, -0.25) is 4.79 Å². The molecule has 1 aromatic heterocycles. The smallest absolute Gasteiger partial charge is 0.361 e. The molecule has 128 valence electrons. The quantitative estimate of drug-likeness (QED) is 0.732. The van der Waals surface area contributed by atoms with Crippen molar-refractivity contribution in [3.63, 3.8) is 0 Å². The molecular weight excluding hydrogens is 333 g/mol. The fourth-order valence-electron chi connectivity index (χ4n) is 2.39. The third-order valence-corrected chi connectivity index (χ3v) is 3.69. The Morgan fingerprint density at radius 1 is 1.08 bits per heavy atom. The van der Waals surface area contributed by atoms with E-state index < -0.39 is 17.6 Å². The number of carbonyl (C=O) groups is 1. The van der Waals surface area contributed by atoms with Crippen LogP contribution in [0.3, 0.4) is 0 Å². The molecular formula is C18H13F3N2O2. The summed E-state index contributed by atoms with van der Waals surface area (Å²) in [5.41, 5.74) is 1.22. The average molecular weight is 346 g/mol. The van der Waals surface area contributed by atoms with Gasteiger partial charge in [-0.25, -0.2) is 0 Å². The summed E-state index contributed by atoms with van der Waals surface area (Å²) in [7, 11) is 0. The number of alkyl halides is 3. The van der Waals surface area contributed by atoms with Crippen LogP contribution in [0.2, 0.25) is 0 Å². The lowest BCUT2D eigenvalue weighted by molar-refractivity contribution is -0.137. The molecule has 25 heavy (non-hydrogen) atoms. The first-order valence-corrected chi connectivity index (χ1v) is 7.35. The summed E-state index contributed by atoms with van der Waals surface area (Å²) >= 11 is 0. The van der Waals surface area contributed by atoms with Crippen molar-refractivity contribution in [1.29, 1.82) is 0 Å². The Balaban J connectivity index is 1.91. The fourth-order valence-corrected chi connectivity index (χ4v) is 2.39. The van der Waals surface area contributed by atoms with E-state index >= 15 is 0 Å². The van der Waals surface area contributed by atoms with Crippen LogP contribution in [0.1, 0.15) is 21.7 Å². The number of hydrogen-bond acceptors (Lipinski definition) is 3. The number of nitrogens with one attached hydrogen (secondary N) is 1. The first kappa shape index (κ1) is 16.8. The molecule has 3 rings (SSSR count). The van der Waals surface area contributed by atoms with E-state index in [2.05, 4.69) is 10.5 Å². The molecule has 0 saturated heterocycles. The van der Waals surface area contributed by atoms with Crippen molar-refractivity contribution in [3.05, 3.63) is 71.6 Å². The minimum atomic E-state index is -4.39. The normalized spacial score (nSPS) is 11.4. The van der Waals surface area contributed by atoms with Crippen molar-refractivity contribution < 1.29 is 22.5 Å². The zero-order chi connectivity index (χ0) is 18.0. The Bertz CT molecular complexity index is 899. The molecule has 0 fully saturated rings. The highest BCUT2D eigenvalue weighted by Crippen LogP contribution is 2.33. The second-order valence-electron chi connectivity index (χ2n) is 5.37. The van der Waals surface area contributed by atoms with E-state index in [9.17, 15) is 18.0 Å². The van der Waals surface area contributed by atoms with Gasteiger partial charge in [0.2, 0.25) is 0 Å². The van der Waals surface area contributed by atoms with Gasteiger partial charge >= 0.3 is 6.18 Å². The number of aromatic nitrogens is 1. The Morgan fingerprint density at radius 2 is 1.76 bits per heavy atom. The Kier molecular flexibility index (Phi) is 4.31. The standard InChI is InChI=1S/C18H13F3N2O2/c1-11-15(10-22-25-11)17(24)23-16-5-3-2-4-14(16)12-6-8-13(9-7-12)18(19,20)21/h2-10H,1H3,(H,23,24). The monoisotopic (exact) mass is 346 g/mol. The van der Waals surface area contributed by atoms with E-state index in [1.54, 1.807) is 31.2 Å². The molecule has 2 aromatic carbocycles. The number of halogens is 3. The van der Waals surface area contributed by atoms with Crippen molar-refractivity contribution in [2.75, 3.05) is 5.32 Å². The molecule has 1 N–H and O–H groups in total. The highest BCUT2D eigenvalue weighted by atomic mass is 19.4. The minimum Gasteiger partial charge on any atom is -0.361 e. The zero-order valence-corrected chi connectivity index (χ0v) is 13.1. The summed E-state index contributed by atoms with van der Waals surface area (Å²) < 4.78 is 43.0. The SMILES string of the molecule is Cc1oncc1C(=O)Nc1ccccc1-c1ccc(C(F)(F)F)cc1. The maximum absolute atomic E-state index is 12.7. The van der Waals surface area contributed by atoms with Gasteiger partial charge in [-0.1, -0.05) is 35.5 Å². The van der Waals surface area contributed by atoms with Crippen molar-refractivity contribution in [1.82, 2.24) is 5.16 Å². The van der Waals surface area contributed by atoms with Gasteiger partial charge < -0.3 is 9.84 Å². The predicted molar refractivity (Wildman–Crippen MR) is 86.1 cm³/mol. The summed E-state index contributed by atoms with van der Waals surface area (Å²) in [6, 6.07) is 11.6. The maximum Gasteiger partial charge on any atom is 0.416 e. The van der Waals surface area contributed by atoms with Crippen molar-refractivity contribution in [2.45, 2.75) is 13.1 Å². The number of hydrogen-bond donors (Lipinski definition) is 1. The molecule has 4 nitrogen and oxygen atoms in total. The van der Waals surface area contributed by atoms with Crippen LogP contribution in [0.25, 0.3) is 11.1 Å². The van der Waals surface area contributed by atoms with Crippen molar-refractivity contribution >= 4 is 11.6 Å². The largest absolute Gasteiger partial charge is 0.416 e. The summed E-state index contributed by atoms with van der Waals surface area (Å²) in [4.78, 5) is 12.3. The third-order valence-electron chi connectivity index (χ3n) is 3.69. The molecule has 0 aliphatic heterocycles. The number of rotatable bonds is 3. The van der Waals surface area contributed by atoms with Crippen LogP contribution in [0.4, 0.5) is 18.9 Å². The average Bonchev–Trinajstić information content (AvgIpc) is 3.01. The molecule has 3 aromatic rings. The van der Waals surface area contributed by atoms with Crippen LogP contribution in [0.15, 0.2) is 59.3 Å². The summed E-state index contributed by atoms with van der Waals surface area (Å²) in [6.07, 6.45) is -3.08. The summed E-state index contributed by atoms with van der Waals surface area (Å²) in [6.45, 7) is 1.61. The number of nitrogens with zero attached hydrogens (tertiary/aromatic N) is 1. The Morgan fingerprint density at radius 3 is 2.36 bits per heavy atom.